The summed E-state index contributed by atoms with van der Waals surface area (Å²) in [6, 6.07) is 7.26. The zero-order valence-electron chi connectivity index (χ0n) is 15.9. The monoisotopic (exact) mass is 417 g/mol. The predicted molar refractivity (Wildman–Crippen MR) is 109 cm³/mol. The maximum Gasteiger partial charge on any atom is 0.277 e. The molecule has 2 aromatic rings. The first-order valence-electron chi connectivity index (χ1n) is 10.1. The molecule has 0 radical (unpaired) electrons. The molecule has 4 bridgehead atoms. The van der Waals surface area contributed by atoms with Gasteiger partial charge in [0, 0.05) is 16.1 Å². The lowest BCUT2D eigenvalue weighted by molar-refractivity contribution is -0.126. The standard InChI is InChI=1S/C21H24ClN3O2S/c1-12(28-20-25-24-19(27-20)16-2-4-17(22)5-3-16)18(26)23-21-9-13-6-14(10-21)8-15(7-13)11-21/h2-5,12-15H,6-11H2,1H3,(H,23,26). The van der Waals surface area contributed by atoms with Crippen molar-refractivity contribution in [2.24, 2.45) is 17.8 Å². The molecule has 1 unspecified atom stereocenters. The van der Waals surface area contributed by atoms with Crippen molar-refractivity contribution in [3.05, 3.63) is 29.3 Å². The fourth-order valence-corrected chi connectivity index (χ4v) is 6.61. The van der Waals surface area contributed by atoms with Crippen LogP contribution in [0.5, 0.6) is 0 Å². The van der Waals surface area contributed by atoms with Gasteiger partial charge in [0.05, 0.1) is 5.25 Å². The van der Waals surface area contributed by atoms with E-state index in [9.17, 15) is 4.79 Å². The molecule has 148 valence electrons. The zero-order valence-corrected chi connectivity index (χ0v) is 17.4. The van der Waals surface area contributed by atoms with Gasteiger partial charge in [0.25, 0.3) is 5.22 Å². The lowest BCUT2D eigenvalue weighted by atomic mass is 9.53. The third kappa shape index (κ3) is 3.57. The number of nitrogens with zero attached hydrogens (tertiary/aromatic N) is 2. The number of aromatic nitrogens is 2. The quantitative estimate of drug-likeness (QED) is 0.696. The van der Waals surface area contributed by atoms with Crippen LogP contribution in [0.15, 0.2) is 33.9 Å². The first-order chi connectivity index (χ1) is 13.5. The Morgan fingerprint density at radius 3 is 2.36 bits per heavy atom. The molecule has 4 aliphatic carbocycles. The Kier molecular flexibility index (Phi) is 4.67. The summed E-state index contributed by atoms with van der Waals surface area (Å²) < 4.78 is 5.74. The predicted octanol–water partition coefficient (Wildman–Crippen LogP) is 4.96. The SMILES string of the molecule is CC(Sc1nnc(-c2ccc(Cl)cc2)o1)C(=O)NC12CC3CC(CC(C3)C1)C2. The van der Waals surface area contributed by atoms with E-state index in [1.165, 1.54) is 31.0 Å². The second-order valence-electron chi connectivity index (χ2n) is 8.83. The molecule has 5 nitrogen and oxygen atoms in total. The normalized spacial score (nSPS) is 31.7. The molecule has 1 N–H and O–H groups in total. The molecule has 1 atom stereocenters. The van der Waals surface area contributed by atoms with Crippen LogP contribution < -0.4 is 5.32 Å². The van der Waals surface area contributed by atoms with Gasteiger partial charge >= 0.3 is 0 Å². The van der Waals surface area contributed by atoms with Crippen LogP contribution >= 0.6 is 23.4 Å². The summed E-state index contributed by atoms with van der Waals surface area (Å²) in [5.74, 6) is 2.96. The highest BCUT2D eigenvalue weighted by Gasteiger charge is 2.51. The maximum atomic E-state index is 12.9. The van der Waals surface area contributed by atoms with Gasteiger partial charge < -0.3 is 9.73 Å². The van der Waals surface area contributed by atoms with E-state index < -0.39 is 0 Å². The smallest absolute Gasteiger partial charge is 0.277 e. The number of hydrogen-bond donors (Lipinski definition) is 1. The highest BCUT2D eigenvalue weighted by atomic mass is 35.5. The van der Waals surface area contributed by atoms with Crippen LogP contribution in [0.1, 0.15) is 45.4 Å². The lowest BCUT2D eigenvalue weighted by Crippen LogP contribution is -2.60. The molecule has 1 amide bonds. The van der Waals surface area contributed by atoms with Crippen LogP contribution in [0.4, 0.5) is 0 Å². The Morgan fingerprint density at radius 1 is 1.14 bits per heavy atom. The largest absolute Gasteiger partial charge is 0.411 e. The number of rotatable bonds is 5. The minimum absolute atomic E-state index is 0.0317. The fraction of sp³-hybridized carbons (Fsp3) is 0.571. The van der Waals surface area contributed by atoms with Crippen LogP contribution in [0.3, 0.4) is 0 Å². The molecule has 4 fully saturated rings. The molecule has 0 saturated heterocycles. The first kappa shape index (κ1) is 18.5. The van der Waals surface area contributed by atoms with Gasteiger partial charge in [-0.2, -0.15) is 0 Å². The van der Waals surface area contributed by atoms with Crippen molar-refractivity contribution in [3.63, 3.8) is 0 Å². The second-order valence-corrected chi connectivity index (χ2v) is 10.6. The first-order valence-corrected chi connectivity index (χ1v) is 11.3. The van der Waals surface area contributed by atoms with Crippen molar-refractivity contribution in [3.8, 4) is 11.5 Å². The molecule has 0 spiro atoms. The van der Waals surface area contributed by atoms with Gasteiger partial charge in [-0.05, 0) is 87.5 Å². The van der Waals surface area contributed by atoms with Crippen molar-refractivity contribution < 1.29 is 9.21 Å². The number of carbonyl (C=O) groups is 1. The van der Waals surface area contributed by atoms with Gasteiger partial charge in [-0.25, -0.2) is 0 Å². The van der Waals surface area contributed by atoms with E-state index in [-0.39, 0.29) is 16.7 Å². The van der Waals surface area contributed by atoms with Crippen LogP contribution in [0, 0.1) is 17.8 Å². The van der Waals surface area contributed by atoms with Gasteiger partial charge in [0.1, 0.15) is 0 Å². The average Bonchev–Trinajstić information content (AvgIpc) is 3.09. The van der Waals surface area contributed by atoms with Crippen molar-refractivity contribution in [1.29, 1.82) is 0 Å². The highest BCUT2D eigenvalue weighted by molar-refractivity contribution is 8.00. The number of thioether (sulfide) groups is 1. The molecule has 4 aliphatic rings. The molecule has 0 aliphatic heterocycles. The molecule has 6 rings (SSSR count). The van der Waals surface area contributed by atoms with Gasteiger partial charge in [-0.15, -0.1) is 10.2 Å². The van der Waals surface area contributed by atoms with Crippen LogP contribution in [-0.2, 0) is 4.79 Å². The Morgan fingerprint density at radius 2 is 1.75 bits per heavy atom. The van der Waals surface area contributed by atoms with E-state index in [0.29, 0.717) is 16.1 Å². The summed E-state index contributed by atoms with van der Waals surface area (Å²) in [6.07, 6.45) is 7.58. The lowest BCUT2D eigenvalue weighted by Gasteiger charge is -2.57. The molecule has 7 heteroatoms. The molecule has 1 heterocycles. The van der Waals surface area contributed by atoms with Crippen LogP contribution in [-0.4, -0.2) is 26.9 Å². The van der Waals surface area contributed by atoms with Crippen molar-refractivity contribution in [2.45, 2.75) is 61.5 Å². The average molecular weight is 418 g/mol. The van der Waals surface area contributed by atoms with Gasteiger partial charge in [0.2, 0.25) is 11.8 Å². The minimum Gasteiger partial charge on any atom is -0.411 e. The number of nitrogens with one attached hydrogen (secondary N) is 1. The molecule has 4 saturated carbocycles. The Labute approximate surface area is 174 Å². The van der Waals surface area contributed by atoms with Gasteiger partial charge in [0.15, 0.2) is 0 Å². The van der Waals surface area contributed by atoms with Crippen molar-refractivity contribution in [2.75, 3.05) is 0 Å². The van der Waals surface area contributed by atoms with E-state index in [1.807, 2.05) is 19.1 Å². The Hall–Kier alpha value is -1.53. The van der Waals surface area contributed by atoms with E-state index in [4.69, 9.17) is 16.0 Å². The summed E-state index contributed by atoms with van der Waals surface area (Å²) in [4.78, 5) is 12.9. The summed E-state index contributed by atoms with van der Waals surface area (Å²) in [6.45, 7) is 1.91. The van der Waals surface area contributed by atoms with Crippen LogP contribution in [0.25, 0.3) is 11.5 Å². The minimum atomic E-state index is -0.272. The van der Waals surface area contributed by atoms with E-state index in [1.54, 1.807) is 12.1 Å². The van der Waals surface area contributed by atoms with E-state index >= 15 is 0 Å². The van der Waals surface area contributed by atoms with Gasteiger partial charge in [-0.1, -0.05) is 23.4 Å². The third-order valence-electron chi connectivity index (χ3n) is 6.57. The number of halogens is 1. The fourth-order valence-electron chi connectivity index (χ4n) is 5.80. The number of carbonyl (C=O) groups excluding carboxylic acids is 1. The van der Waals surface area contributed by atoms with E-state index in [0.717, 1.165) is 42.6 Å². The number of hydrogen-bond acceptors (Lipinski definition) is 5. The van der Waals surface area contributed by atoms with Crippen molar-refractivity contribution >= 4 is 29.3 Å². The molecular formula is C21H24ClN3O2S. The summed E-state index contributed by atoms with van der Waals surface area (Å²) in [5.41, 5.74) is 0.846. The third-order valence-corrected chi connectivity index (χ3v) is 7.76. The summed E-state index contributed by atoms with van der Waals surface area (Å²) >= 11 is 7.24. The highest BCUT2D eigenvalue weighted by Crippen LogP contribution is 2.55. The molecule has 28 heavy (non-hydrogen) atoms. The molecular weight excluding hydrogens is 394 g/mol. The van der Waals surface area contributed by atoms with E-state index in [2.05, 4.69) is 15.5 Å². The Bertz CT molecular complexity index is 847. The molecule has 1 aromatic carbocycles. The second kappa shape index (κ2) is 7.06. The Balaban J connectivity index is 1.23. The molecule has 1 aromatic heterocycles. The van der Waals surface area contributed by atoms with Gasteiger partial charge in [-0.3, -0.25) is 4.79 Å². The topological polar surface area (TPSA) is 68.0 Å². The van der Waals surface area contributed by atoms with Crippen LogP contribution in [0.2, 0.25) is 5.02 Å². The summed E-state index contributed by atoms with van der Waals surface area (Å²) in [5, 5.41) is 12.4. The maximum absolute atomic E-state index is 12.9. The van der Waals surface area contributed by atoms with Crippen molar-refractivity contribution in [1.82, 2.24) is 15.5 Å². The number of amides is 1. The summed E-state index contributed by atoms with van der Waals surface area (Å²) in [7, 11) is 0. The number of benzene rings is 1. The zero-order chi connectivity index (χ0) is 19.3.